The lowest BCUT2D eigenvalue weighted by molar-refractivity contribution is 0.103. The molecule has 0 aliphatic rings. The average molecular weight is 242 g/mol. The lowest BCUT2D eigenvalue weighted by Gasteiger charge is -2.06. The molecule has 0 radical (unpaired) electrons. The molecule has 2 aromatic heterocycles. The predicted molar refractivity (Wildman–Crippen MR) is 67.8 cm³/mol. The summed E-state index contributed by atoms with van der Waals surface area (Å²) in [5.74, 6) is 0.541. The second-order valence-electron chi connectivity index (χ2n) is 3.86. The van der Waals surface area contributed by atoms with Gasteiger partial charge in [-0.05, 0) is 31.5 Å². The first-order valence-corrected chi connectivity index (χ1v) is 5.75. The van der Waals surface area contributed by atoms with Crippen LogP contribution in [0.3, 0.4) is 0 Å². The Morgan fingerprint density at radius 1 is 1.28 bits per heavy atom. The number of aromatic nitrogens is 2. The van der Waals surface area contributed by atoms with Crippen molar-refractivity contribution in [3.63, 3.8) is 0 Å². The second kappa shape index (κ2) is 5.40. The maximum atomic E-state index is 12.3. The summed E-state index contributed by atoms with van der Waals surface area (Å²) >= 11 is 0. The van der Waals surface area contributed by atoms with E-state index in [-0.39, 0.29) is 5.78 Å². The van der Waals surface area contributed by atoms with Crippen LogP contribution >= 0.6 is 0 Å². The minimum absolute atomic E-state index is 0.0658. The molecule has 0 saturated carbocycles. The molecule has 0 fully saturated rings. The number of rotatable bonds is 4. The van der Waals surface area contributed by atoms with Gasteiger partial charge in [0.05, 0.1) is 12.8 Å². The summed E-state index contributed by atoms with van der Waals surface area (Å²) in [5.41, 5.74) is 2.01. The molecule has 0 spiro atoms. The molecule has 0 unspecified atom stereocenters. The van der Waals surface area contributed by atoms with Gasteiger partial charge >= 0.3 is 0 Å². The van der Waals surface area contributed by atoms with Crippen molar-refractivity contribution in [1.82, 2.24) is 9.97 Å². The highest BCUT2D eigenvalue weighted by Crippen LogP contribution is 2.16. The molecule has 0 aromatic carbocycles. The van der Waals surface area contributed by atoms with Gasteiger partial charge in [-0.1, -0.05) is 0 Å². The molecule has 0 N–H and O–H groups in total. The molecule has 4 heteroatoms. The topological polar surface area (TPSA) is 52.1 Å². The van der Waals surface area contributed by atoms with Crippen LogP contribution in [-0.4, -0.2) is 22.4 Å². The summed E-state index contributed by atoms with van der Waals surface area (Å²) in [5, 5.41) is 0. The molecular formula is C14H14N2O2. The normalized spacial score (nSPS) is 10.1. The Bertz CT molecular complexity index is 567. The maximum absolute atomic E-state index is 12.3. The third-order valence-electron chi connectivity index (χ3n) is 2.55. The standard InChI is InChI=1S/C14H14N2O2/c1-3-18-12-6-11(8-16-9-12)14(17)13-4-5-15-7-10(13)2/h4-9H,3H2,1-2H3. The van der Waals surface area contributed by atoms with Gasteiger partial charge in [0.25, 0.3) is 0 Å². The van der Waals surface area contributed by atoms with Crippen LogP contribution in [0.15, 0.2) is 36.9 Å². The summed E-state index contributed by atoms with van der Waals surface area (Å²) < 4.78 is 5.34. The van der Waals surface area contributed by atoms with Gasteiger partial charge in [0.1, 0.15) is 5.75 Å². The number of ether oxygens (including phenoxy) is 1. The van der Waals surface area contributed by atoms with Gasteiger partial charge in [0.2, 0.25) is 0 Å². The van der Waals surface area contributed by atoms with Gasteiger partial charge in [0, 0.05) is 29.7 Å². The summed E-state index contributed by atoms with van der Waals surface area (Å²) in [6.45, 7) is 4.30. The number of aryl methyl sites for hydroxylation is 1. The minimum atomic E-state index is -0.0658. The van der Waals surface area contributed by atoms with Crippen LogP contribution in [0, 0.1) is 6.92 Å². The molecule has 18 heavy (non-hydrogen) atoms. The fourth-order valence-electron chi connectivity index (χ4n) is 1.67. The summed E-state index contributed by atoms with van der Waals surface area (Å²) in [6, 6.07) is 3.42. The molecule has 0 aliphatic heterocycles. The van der Waals surface area contributed by atoms with Gasteiger partial charge in [-0.3, -0.25) is 14.8 Å². The van der Waals surface area contributed by atoms with Crippen molar-refractivity contribution >= 4 is 5.78 Å². The Labute approximate surface area is 106 Å². The number of hydrogen-bond acceptors (Lipinski definition) is 4. The molecule has 0 saturated heterocycles. The predicted octanol–water partition coefficient (Wildman–Crippen LogP) is 2.41. The monoisotopic (exact) mass is 242 g/mol. The summed E-state index contributed by atoms with van der Waals surface area (Å²) in [7, 11) is 0. The van der Waals surface area contributed by atoms with E-state index in [2.05, 4.69) is 9.97 Å². The zero-order valence-electron chi connectivity index (χ0n) is 10.4. The van der Waals surface area contributed by atoms with E-state index in [9.17, 15) is 4.79 Å². The third-order valence-corrected chi connectivity index (χ3v) is 2.55. The van der Waals surface area contributed by atoms with E-state index in [1.807, 2.05) is 13.8 Å². The van der Waals surface area contributed by atoms with E-state index >= 15 is 0 Å². The second-order valence-corrected chi connectivity index (χ2v) is 3.86. The van der Waals surface area contributed by atoms with Crippen molar-refractivity contribution in [3.05, 3.63) is 53.6 Å². The SMILES string of the molecule is CCOc1cncc(C(=O)c2ccncc2C)c1. The quantitative estimate of drug-likeness (QED) is 0.772. The average Bonchev–Trinajstić information content (AvgIpc) is 2.39. The molecule has 0 atom stereocenters. The van der Waals surface area contributed by atoms with Crippen molar-refractivity contribution < 1.29 is 9.53 Å². The van der Waals surface area contributed by atoms with Crippen molar-refractivity contribution in [2.24, 2.45) is 0 Å². The van der Waals surface area contributed by atoms with E-state index in [4.69, 9.17) is 4.74 Å². The minimum Gasteiger partial charge on any atom is -0.492 e. The van der Waals surface area contributed by atoms with E-state index in [0.717, 1.165) is 5.56 Å². The highest BCUT2D eigenvalue weighted by atomic mass is 16.5. The number of ketones is 1. The number of nitrogens with zero attached hydrogens (tertiary/aromatic N) is 2. The van der Waals surface area contributed by atoms with Gasteiger partial charge in [0.15, 0.2) is 5.78 Å². The number of hydrogen-bond donors (Lipinski definition) is 0. The van der Waals surface area contributed by atoms with E-state index in [0.29, 0.717) is 23.5 Å². The van der Waals surface area contributed by atoms with Crippen LogP contribution in [-0.2, 0) is 0 Å². The molecule has 4 nitrogen and oxygen atoms in total. The smallest absolute Gasteiger partial charge is 0.195 e. The lowest BCUT2D eigenvalue weighted by Crippen LogP contribution is -2.05. The number of carbonyl (C=O) groups is 1. The Morgan fingerprint density at radius 2 is 2.11 bits per heavy atom. The van der Waals surface area contributed by atoms with Crippen LogP contribution in [0.5, 0.6) is 5.75 Å². The first kappa shape index (κ1) is 12.2. The lowest BCUT2D eigenvalue weighted by atomic mass is 10.0. The zero-order chi connectivity index (χ0) is 13.0. The molecule has 0 bridgehead atoms. The Balaban J connectivity index is 2.34. The number of carbonyl (C=O) groups excluding carboxylic acids is 1. The van der Waals surface area contributed by atoms with Crippen LogP contribution in [0.1, 0.15) is 28.4 Å². The van der Waals surface area contributed by atoms with Crippen molar-refractivity contribution in [2.45, 2.75) is 13.8 Å². The Kier molecular flexibility index (Phi) is 3.67. The fraction of sp³-hybridized carbons (Fsp3) is 0.214. The molecule has 0 amide bonds. The summed E-state index contributed by atoms with van der Waals surface area (Å²) in [4.78, 5) is 20.3. The fourth-order valence-corrected chi connectivity index (χ4v) is 1.67. The van der Waals surface area contributed by atoms with Crippen LogP contribution in [0.2, 0.25) is 0 Å². The molecule has 2 heterocycles. The first-order valence-electron chi connectivity index (χ1n) is 5.75. The van der Waals surface area contributed by atoms with Gasteiger partial charge in [-0.15, -0.1) is 0 Å². The van der Waals surface area contributed by atoms with Gasteiger partial charge in [-0.25, -0.2) is 0 Å². The Hall–Kier alpha value is -2.23. The van der Waals surface area contributed by atoms with E-state index in [1.165, 1.54) is 0 Å². The Morgan fingerprint density at radius 3 is 2.83 bits per heavy atom. The van der Waals surface area contributed by atoms with E-state index < -0.39 is 0 Å². The van der Waals surface area contributed by atoms with Gasteiger partial charge < -0.3 is 4.74 Å². The molecule has 92 valence electrons. The van der Waals surface area contributed by atoms with Gasteiger partial charge in [-0.2, -0.15) is 0 Å². The van der Waals surface area contributed by atoms with E-state index in [1.54, 1.807) is 36.9 Å². The molecular weight excluding hydrogens is 228 g/mol. The van der Waals surface area contributed by atoms with Crippen molar-refractivity contribution in [3.8, 4) is 5.75 Å². The maximum Gasteiger partial charge on any atom is 0.195 e. The van der Waals surface area contributed by atoms with Crippen LogP contribution in [0.4, 0.5) is 0 Å². The van der Waals surface area contributed by atoms with Crippen LogP contribution in [0.25, 0.3) is 0 Å². The third kappa shape index (κ3) is 2.53. The highest BCUT2D eigenvalue weighted by molar-refractivity contribution is 6.09. The van der Waals surface area contributed by atoms with Crippen molar-refractivity contribution in [1.29, 1.82) is 0 Å². The number of pyridine rings is 2. The van der Waals surface area contributed by atoms with Crippen molar-refractivity contribution in [2.75, 3.05) is 6.61 Å². The molecule has 2 aromatic rings. The van der Waals surface area contributed by atoms with Crippen LogP contribution < -0.4 is 4.74 Å². The molecule has 0 aliphatic carbocycles. The first-order chi connectivity index (χ1) is 8.72. The zero-order valence-corrected chi connectivity index (χ0v) is 10.4. The molecule has 2 rings (SSSR count). The summed E-state index contributed by atoms with van der Waals surface area (Å²) in [6.07, 6.45) is 6.43. The highest BCUT2D eigenvalue weighted by Gasteiger charge is 2.12. The largest absolute Gasteiger partial charge is 0.492 e.